The van der Waals surface area contributed by atoms with E-state index in [1.165, 1.54) is 16.9 Å². The normalized spacial score (nSPS) is 11.4. The molecular formula is C13H16ClN3S. The monoisotopic (exact) mass is 281 g/mol. The van der Waals surface area contributed by atoms with Crippen LogP contribution >= 0.6 is 22.9 Å². The molecule has 0 saturated carbocycles. The van der Waals surface area contributed by atoms with Crippen LogP contribution < -0.4 is 0 Å². The fraction of sp³-hybridized carbons (Fsp3) is 0.385. The summed E-state index contributed by atoms with van der Waals surface area (Å²) in [6.45, 7) is 6.07. The van der Waals surface area contributed by atoms with Crippen molar-refractivity contribution in [3.63, 3.8) is 0 Å². The highest BCUT2D eigenvalue weighted by molar-refractivity contribution is 7.15. The summed E-state index contributed by atoms with van der Waals surface area (Å²) in [5.74, 6) is 0. The van der Waals surface area contributed by atoms with Gasteiger partial charge in [-0.1, -0.05) is 41.7 Å². The Hall–Kier alpha value is -0.970. The van der Waals surface area contributed by atoms with Gasteiger partial charge in [-0.25, -0.2) is 0 Å². The fourth-order valence-electron chi connectivity index (χ4n) is 1.71. The lowest BCUT2D eigenvalue weighted by atomic mass is 10.2. The average Bonchev–Trinajstić information content (AvgIpc) is 2.75. The van der Waals surface area contributed by atoms with Crippen LogP contribution in [0.2, 0.25) is 4.47 Å². The van der Waals surface area contributed by atoms with E-state index < -0.39 is 0 Å². The van der Waals surface area contributed by atoms with Crippen LogP contribution in [0.4, 0.5) is 0 Å². The number of halogens is 1. The van der Waals surface area contributed by atoms with Crippen LogP contribution in [0.5, 0.6) is 0 Å². The molecule has 1 heterocycles. The van der Waals surface area contributed by atoms with Gasteiger partial charge in [0.25, 0.3) is 0 Å². The van der Waals surface area contributed by atoms with E-state index in [4.69, 9.17) is 11.6 Å². The predicted octanol–water partition coefficient (Wildman–Crippen LogP) is 3.60. The molecular weight excluding hydrogens is 266 g/mol. The minimum absolute atomic E-state index is 0.452. The number of rotatable bonds is 5. The van der Waals surface area contributed by atoms with Gasteiger partial charge in [0.1, 0.15) is 5.01 Å². The summed E-state index contributed by atoms with van der Waals surface area (Å²) in [6.07, 6.45) is 0. The summed E-state index contributed by atoms with van der Waals surface area (Å²) >= 11 is 7.26. The smallest absolute Gasteiger partial charge is 0.207 e. The molecule has 2 aromatic rings. The Kier molecular flexibility index (Phi) is 4.69. The highest BCUT2D eigenvalue weighted by atomic mass is 35.5. The number of hydrogen-bond donors (Lipinski definition) is 0. The zero-order valence-corrected chi connectivity index (χ0v) is 12.1. The number of hydrogen-bond acceptors (Lipinski definition) is 4. The molecule has 0 N–H and O–H groups in total. The molecule has 0 aliphatic heterocycles. The van der Waals surface area contributed by atoms with E-state index in [1.807, 2.05) is 6.07 Å². The van der Waals surface area contributed by atoms with Gasteiger partial charge >= 0.3 is 0 Å². The average molecular weight is 282 g/mol. The lowest BCUT2D eigenvalue weighted by molar-refractivity contribution is 0.203. The highest BCUT2D eigenvalue weighted by Crippen LogP contribution is 2.19. The van der Waals surface area contributed by atoms with Gasteiger partial charge in [0.2, 0.25) is 4.47 Å². The topological polar surface area (TPSA) is 29.0 Å². The van der Waals surface area contributed by atoms with Crippen molar-refractivity contribution in [1.29, 1.82) is 0 Å². The van der Waals surface area contributed by atoms with Crippen molar-refractivity contribution in [2.45, 2.75) is 33.0 Å². The third-order valence-electron chi connectivity index (χ3n) is 2.74. The van der Waals surface area contributed by atoms with Gasteiger partial charge in [0.05, 0.1) is 6.54 Å². The molecule has 3 nitrogen and oxygen atoms in total. The standard InChI is InChI=1S/C13H16ClN3S/c1-10(2)17(8-11-6-4-3-5-7-11)9-12-15-16-13(14)18-12/h3-7,10H,8-9H2,1-2H3. The van der Waals surface area contributed by atoms with E-state index >= 15 is 0 Å². The summed E-state index contributed by atoms with van der Waals surface area (Å²) < 4.78 is 0.508. The highest BCUT2D eigenvalue weighted by Gasteiger charge is 2.13. The van der Waals surface area contributed by atoms with E-state index in [2.05, 4.69) is 53.2 Å². The van der Waals surface area contributed by atoms with Crippen LogP contribution in [0, 0.1) is 0 Å². The molecule has 5 heteroatoms. The van der Waals surface area contributed by atoms with E-state index in [0.29, 0.717) is 10.5 Å². The zero-order valence-electron chi connectivity index (χ0n) is 10.5. The second kappa shape index (κ2) is 6.27. The molecule has 0 radical (unpaired) electrons. The van der Waals surface area contributed by atoms with Crippen LogP contribution in [0.1, 0.15) is 24.4 Å². The Bertz CT molecular complexity index is 484. The molecule has 1 aromatic heterocycles. The molecule has 18 heavy (non-hydrogen) atoms. The first-order valence-corrected chi connectivity index (χ1v) is 7.10. The molecule has 0 spiro atoms. The third-order valence-corrected chi connectivity index (χ3v) is 3.74. The molecule has 0 amide bonds. The van der Waals surface area contributed by atoms with E-state index in [1.54, 1.807) is 0 Å². The van der Waals surface area contributed by atoms with E-state index in [0.717, 1.165) is 18.1 Å². The molecule has 0 saturated heterocycles. The Morgan fingerprint density at radius 2 is 1.89 bits per heavy atom. The van der Waals surface area contributed by atoms with Crippen LogP contribution in [-0.4, -0.2) is 21.1 Å². The van der Waals surface area contributed by atoms with Gasteiger partial charge in [-0.2, -0.15) is 0 Å². The first-order chi connectivity index (χ1) is 8.65. The molecule has 0 aliphatic carbocycles. The largest absolute Gasteiger partial charge is 0.290 e. The van der Waals surface area contributed by atoms with Gasteiger partial charge in [-0.15, -0.1) is 10.2 Å². The summed E-state index contributed by atoms with van der Waals surface area (Å²) in [4.78, 5) is 2.35. The second-order valence-corrected chi connectivity index (χ2v) is 6.08. The third kappa shape index (κ3) is 3.77. The maximum atomic E-state index is 5.81. The zero-order chi connectivity index (χ0) is 13.0. The summed E-state index contributed by atoms with van der Waals surface area (Å²) in [5.41, 5.74) is 1.31. The SMILES string of the molecule is CC(C)N(Cc1ccccc1)Cc1nnc(Cl)s1. The van der Waals surface area contributed by atoms with Crippen molar-refractivity contribution in [3.8, 4) is 0 Å². The van der Waals surface area contributed by atoms with Crippen LogP contribution in [-0.2, 0) is 13.1 Å². The Morgan fingerprint density at radius 1 is 1.17 bits per heavy atom. The maximum Gasteiger partial charge on any atom is 0.207 e. The van der Waals surface area contributed by atoms with E-state index in [-0.39, 0.29) is 0 Å². The fourth-order valence-corrected chi connectivity index (χ4v) is 2.60. The van der Waals surface area contributed by atoms with E-state index in [9.17, 15) is 0 Å². The molecule has 0 fully saturated rings. The Labute approximate surface area is 116 Å². The first-order valence-electron chi connectivity index (χ1n) is 5.91. The summed E-state index contributed by atoms with van der Waals surface area (Å²) in [7, 11) is 0. The maximum absolute atomic E-state index is 5.81. The first kappa shape index (κ1) is 13.5. The van der Waals surface area contributed by atoms with Crippen molar-refractivity contribution in [1.82, 2.24) is 15.1 Å². The van der Waals surface area contributed by atoms with Gasteiger partial charge < -0.3 is 0 Å². The number of benzene rings is 1. The van der Waals surface area contributed by atoms with Crippen LogP contribution in [0.25, 0.3) is 0 Å². The molecule has 0 aliphatic rings. The van der Waals surface area contributed by atoms with Crippen molar-refractivity contribution in [2.24, 2.45) is 0 Å². The molecule has 1 aromatic carbocycles. The van der Waals surface area contributed by atoms with Crippen molar-refractivity contribution in [3.05, 3.63) is 45.4 Å². The number of nitrogens with zero attached hydrogens (tertiary/aromatic N) is 3. The van der Waals surface area contributed by atoms with Crippen molar-refractivity contribution < 1.29 is 0 Å². The minimum atomic E-state index is 0.452. The predicted molar refractivity (Wildman–Crippen MR) is 75.7 cm³/mol. The van der Waals surface area contributed by atoms with Gasteiger partial charge in [-0.3, -0.25) is 4.90 Å². The molecule has 0 unspecified atom stereocenters. The molecule has 0 atom stereocenters. The van der Waals surface area contributed by atoms with Crippen molar-refractivity contribution in [2.75, 3.05) is 0 Å². The minimum Gasteiger partial charge on any atom is -0.290 e. The summed E-state index contributed by atoms with van der Waals surface area (Å²) in [6, 6.07) is 10.9. The molecule has 96 valence electrons. The number of aromatic nitrogens is 2. The van der Waals surface area contributed by atoms with Gasteiger partial charge in [0, 0.05) is 12.6 Å². The summed E-state index contributed by atoms with van der Waals surface area (Å²) in [5, 5.41) is 8.88. The lowest BCUT2D eigenvalue weighted by Crippen LogP contribution is -2.29. The second-order valence-electron chi connectivity index (χ2n) is 4.43. The van der Waals surface area contributed by atoms with Gasteiger partial charge in [0.15, 0.2) is 0 Å². The van der Waals surface area contributed by atoms with Crippen LogP contribution in [0.15, 0.2) is 30.3 Å². The van der Waals surface area contributed by atoms with Crippen molar-refractivity contribution >= 4 is 22.9 Å². The van der Waals surface area contributed by atoms with Crippen LogP contribution in [0.3, 0.4) is 0 Å². The molecule has 0 bridgehead atoms. The quantitative estimate of drug-likeness (QED) is 0.838. The Balaban J connectivity index is 2.05. The lowest BCUT2D eigenvalue weighted by Gasteiger charge is -2.25. The molecule has 2 rings (SSSR count). The van der Waals surface area contributed by atoms with Gasteiger partial charge in [-0.05, 0) is 31.0 Å². The Morgan fingerprint density at radius 3 is 2.44 bits per heavy atom.